The first-order valence-corrected chi connectivity index (χ1v) is 8.19. The molecule has 8 nitrogen and oxygen atoms in total. The largest absolute Gasteiger partial charge is 0.479 e. The van der Waals surface area contributed by atoms with Gasteiger partial charge in [0.05, 0.1) is 7.11 Å². The van der Waals surface area contributed by atoms with Crippen LogP contribution >= 0.6 is 0 Å². The third-order valence-electron chi connectivity index (χ3n) is 3.77. The van der Waals surface area contributed by atoms with Crippen LogP contribution in [0, 0.1) is 0 Å². The number of fused-ring (bicyclic) bond motifs is 1. The zero-order chi connectivity index (χ0) is 18.9. The lowest BCUT2D eigenvalue weighted by Gasteiger charge is -2.24. The van der Waals surface area contributed by atoms with Crippen molar-refractivity contribution in [3.8, 4) is 17.5 Å². The number of amides is 1. The molecule has 0 spiro atoms. The summed E-state index contributed by atoms with van der Waals surface area (Å²) in [4.78, 5) is 21.9. The van der Waals surface area contributed by atoms with Crippen LogP contribution in [0.4, 0.5) is 10.5 Å². The number of hydrogen-bond acceptors (Lipinski definition) is 7. The second kappa shape index (κ2) is 6.70. The van der Waals surface area contributed by atoms with Crippen molar-refractivity contribution >= 4 is 11.8 Å². The lowest BCUT2D eigenvalue weighted by Crippen LogP contribution is -2.33. The van der Waals surface area contributed by atoms with Gasteiger partial charge in [-0.3, -0.25) is 4.90 Å². The first-order valence-electron chi connectivity index (χ1n) is 8.19. The Bertz CT molecular complexity index is 832. The molecule has 2 heterocycles. The summed E-state index contributed by atoms with van der Waals surface area (Å²) in [6.07, 6.45) is 0.989. The Morgan fingerprint density at radius 3 is 2.54 bits per heavy atom. The maximum Gasteiger partial charge on any atom is 0.410 e. The fraction of sp³-hybridized carbons (Fsp3) is 0.389. The molecule has 138 valence electrons. The van der Waals surface area contributed by atoms with Gasteiger partial charge in [-0.25, -0.2) is 4.79 Å². The van der Waals surface area contributed by atoms with Crippen LogP contribution in [0.5, 0.6) is 17.5 Å². The van der Waals surface area contributed by atoms with Gasteiger partial charge in [-0.05, 0) is 44.0 Å². The first-order chi connectivity index (χ1) is 12.3. The van der Waals surface area contributed by atoms with E-state index < -0.39 is 5.60 Å². The molecule has 0 saturated heterocycles. The van der Waals surface area contributed by atoms with E-state index in [0.29, 0.717) is 18.8 Å². The topological polar surface area (TPSA) is 99.8 Å². The predicted molar refractivity (Wildman–Crippen MR) is 95.0 cm³/mol. The summed E-state index contributed by atoms with van der Waals surface area (Å²) in [7, 11) is 1.48. The SMILES string of the molecule is COc1ncnc(Oc2ccc3c(c2)CN(C(=O)OC(C)(C)C)C3)c1N. The predicted octanol–water partition coefficient (Wildman–Crippen LogP) is 3.11. The number of anilines is 1. The number of nitrogen functional groups attached to an aromatic ring is 1. The van der Waals surface area contributed by atoms with E-state index in [2.05, 4.69) is 9.97 Å². The molecule has 1 aromatic carbocycles. The molecule has 2 aromatic rings. The van der Waals surface area contributed by atoms with Gasteiger partial charge in [0.1, 0.15) is 17.7 Å². The molecule has 3 rings (SSSR count). The summed E-state index contributed by atoms with van der Waals surface area (Å²) in [5, 5.41) is 0. The van der Waals surface area contributed by atoms with Crippen molar-refractivity contribution in [2.45, 2.75) is 39.5 Å². The van der Waals surface area contributed by atoms with Gasteiger partial charge in [0.25, 0.3) is 0 Å². The lowest BCUT2D eigenvalue weighted by atomic mass is 10.1. The standard InChI is InChI=1S/C18H22N4O4/c1-18(2,3)26-17(23)22-8-11-5-6-13(7-12(11)9-22)25-16-14(19)15(24-4)20-10-21-16/h5-7,10H,8-9,19H2,1-4H3. The average molecular weight is 358 g/mol. The molecule has 0 unspecified atom stereocenters. The third-order valence-corrected chi connectivity index (χ3v) is 3.77. The molecule has 1 aliphatic rings. The molecule has 1 aromatic heterocycles. The van der Waals surface area contributed by atoms with Crippen LogP contribution in [0.2, 0.25) is 0 Å². The van der Waals surface area contributed by atoms with Gasteiger partial charge in [-0.15, -0.1) is 0 Å². The van der Waals surface area contributed by atoms with E-state index in [9.17, 15) is 4.79 Å². The van der Waals surface area contributed by atoms with E-state index in [0.717, 1.165) is 11.1 Å². The number of carbonyl (C=O) groups is 1. The minimum atomic E-state index is -0.524. The van der Waals surface area contributed by atoms with E-state index >= 15 is 0 Å². The summed E-state index contributed by atoms with van der Waals surface area (Å²) >= 11 is 0. The fourth-order valence-electron chi connectivity index (χ4n) is 2.61. The molecule has 0 saturated carbocycles. The molecule has 26 heavy (non-hydrogen) atoms. The smallest absolute Gasteiger partial charge is 0.410 e. The van der Waals surface area contributed by atoms with Crippen molar-refractivity contribution in [1.29, 1.82) is 0 Å². The number of hydrogen-bond donors (Lipinski definition) is 1. The molecule has 0 bridgehead atoms. The summed E-state index contributed by atoms with van der Waals surface area (Å²) < 4.78 is 16.3. The van der Waals surface area contributed by atoms with Crippen molar-refractivity contribution in [2.75, 3.05) is 12.8 Å². The van der Waals surface area contributed by atoms with E-state index in [-0.39, 0.29) is 23.5 Å². The Hall–Kier alpha value is -3.03. The average Bonchev–Trinajstić information content (AvgIpc) is 2.99. The Balaban J connectivity index is 1.74. The molecular formula is C18H22N4O4. The highest BCUT2D eigenvalue weighted by atomic mass is 16.6. The number of aromatic nitrogens is 2. The van der Waals surface area contributed by atoms with Crippen LogP contribution in [-0.4, -0.2) is 33.7 Å². The quantitative estimate of drug-likeness (QED) is 0.900. The van der Waals surface area contributed by atoms with E-state index in [1.54, 1.807) is 4.90 Å². The number of benzene rings is 1. The van der Waals surface area contributed by atoms with Gasteiger partial charge >= 0.3 is 6.09 Å². The van der Waals surface area contributed by atoms with Gasteiger partial charge in [0.15, 0.2) is 5.69 Å². The molecule has 0 aliphatic carbocycles. The molecular weight excluding hydrogens is 336 g/mol. The van der Waals surface area contributed by atoms with Gasteiger partial charge in [0.2, 0.25) is 11.8 Å². The minimum Gasteiger partial charge on any atom is -0.479 e. The number of methoxy groups -OCH3 is 1. The van der Waals surface area contributed by atoms with Crippen molar-refractivity contribution < 1.29 is 19.0 Å². The zero-order valence-electron chi connectivity index (χ0n) is 15.3. The molecule has 1 aliphatic heterocycles. The molecule has 0 fully saturated rings. The van der Waals surface area contributed by atoms with Gasteiger partial charge in [0, 0.05) is 13.1 Å². The normalized spacial score (nSPS) is 13.3. The third kappa shape index (κ3) is 3.79. The number of carbonyl (C=O) groups excluding carboxylic acids is 1. The number of nitrogens with two attached hydrogens (primary N) is 1. The van der Waals surface area contributed by atoms with Crippen LogP contribution in [0.25, 0.3) is 0 Å². The van der Waals surface area contributed by atoms with Crippen molar-refractivity contribution in [3.05, 3.63) is 35.7 Å². The minimum absolute atomic E-state index is 0.221. The number of rotatable bonds is 3. The second-order valence-electron chi connectivity index (χ2n) is 6.97. The van der Waals surface area contributed by atoms with E-state index in [1.807, 2.05) is 39.0 Å². The first kappa shape index (κ1) is 17.8. The summed E-state index contributed by atoms with van der Waals surface area (Å²) in [5.74, 6) is 1.05. The fourth-order valence-corrected chi connectivity index (χ4v) is 2.61. The van der Waals surface area contributed by atoms with Crippen molar-refractivity contribution in [3.63, 3.8) is 0 Å². The van der Waals surface area contributed by atoms with E-state index in [4.69, 9.17) is 19.9 Å². The lowest BCUT2D eigenvalue weighted by molar-refractivity contribution is 0.0242. The summed E-state index contributed by atoms with van der Waals surface area (Å²) in [5.41, 5.74) is 7.68. The Morgan fingerprint density at radius 2 is 1.85 bits per heavy atom. The Kier molecular flexibility index (Phi) is 4.58. The van der Waals surface area contributed by atoms with Crippen LogP contribution in [0.1, 0.15) is 31.9 Å². The zero-order valence-corrected chi connectivity index (χ0v) is 15.3. The summed E-state index contributed by atoms with van der Waals surface area (Å²) in [6.45, 7) is 6.51. The molecule has 1 amide bonds. The molecule has 8 heteroatoms. The highest BCUT2D eigenvalue weighted by molar-refractivity contribution is 5.69. The monoisotopic (exact) mass is 358 g/mol. The second-order valence-corrected chi connectivity index (χ2v) is 6.97. The number of ether oxygens (including phenoxy) is 3. The maximum atomic E-state index is 12.2. The molecule has 0 atom stereocenters. The highest BCUT2D eigenvalue weighted by Crippen LogP contribution is 2.33. The Labute approximate surface area is 151 Å². The maximum absolute atomic E-state index is 12.2. The van der Waals surface area contributed by atoms with Crippen LogP contribution in [0.3, 0.4) is 0 Å². The molecule has 2 N–H and O–H groups in total. The van der Waals surface area contributed by atoms with Crippen LogP contribution < -0.4 is 15.2 Å². The van der Waals surface area contributed by atoms with Crippen molar-refractivity contribution in [1.82, 2.24) is 14.9 Å². The van der Waals surface area contributed by atoms with Crippen LogP contribution in [0.15, 0.2) is 24.5 Å². The summed E-state index contributed by atoms with van der Waals surface area (Å²) in [6, 6.07) is 5.60. The van der Waals surface area contributed by atoms with E-state index in [1.165, 1.54) is 13.4 Å². The van der Waals surface area contributed by atoms with Crippen molar-refractivity contribution in [2.24, 2.45) is 0 Å². The molecule has 0 radical (unpaired) electrons. The van der Waals surface area contributed by atoms with Gasteiger partial charge in [-0.1, -0.05) is 6.07 Å². The Morgan fingerprint density at radius 1 is 1.15 bits per heavy atom. The van der Waals surface area contributed by atoms with Gasteiger partial charge < -0.3 is 19.9 Å². The van der Waals surface area contributed by atoms with Gasteiger partial charge in [-0.2, -0.15) is 9.97 Å². The highest BCUT2D eigenvalue weighted by Gasteiger charge is 2.28. The van der Waals surface area contributed by atoms with Crippen LogP contribution in [-0.2, 0) is 17.8 Å². The number of nitrogens with zero attached hydrogens (tertiary/aromatic N) is 3.